The average Bonchev–Trinajstić information content (AvgIpc) is 3.30. The molecule has 3 aromatic heterocycles. The van der Waals surface area contributed by atoms with Crippen LogP contribution in [0.3, 0.4) is 0 Å². The van der Waals surface area contributed by atoms with Crippen molar-refractivity contribution >= 4 is 55.8 Å². The van der Waals surface area contributed by atoms with Gasteiger partial charge in [0.2, 0.25) is 0 Å². The number of methoxy groups -OCH3 is 1. The molecule has 0 aliphatic carbocycles. The molecule has 0 aliphatic rings. The molecule has 5 rings (SSSR count). The van der Waals surface area contributed by atoms with Crippen LogP contribution in [0.4, 0.5) is 14.9 Å². The maximum absolute atomic E-state index is 15.1. The standard InChI is InChI=1S/C27H22ClFN4O4S/c1-14(33(27(34)35)18-5-4-6-30-12-18)15(2)37-23-11-24-22(10-21(23)29)32-26(38-24)20-9-17(28)7-16-8-19(36-3)13-31-25(16)20/h4-15H,1-3H3,(H,34,35). The van der Waals surface area contributed by atoms with E-state index in [4.69, 9.17) is 21.1 Å². The highest BCUT2D eigenvalue weighted by Gasteiger charge is 2.28. The summed E-state index contributed by atoms with van der Waals surface area (Å²) in [7, 11) is 1.57. The van der Waals surface area contributed by atoms with Gasteiger partial charge in [-0.15, -0.1) is 11.3 Å². The molecule has 3 heterocycles. The molecule has 0 saturated heterocycles. The van der Waals surface area contributed by atoms with Gasteiger partial charge in [0.05, 0.1) is 47.0 Å². The first-order valence-electron chi connectivity index (χ1n) is 11.6. The lowest BCUT2D eigenvalue weighted by atomic mass is 10.1. The monoisotopic (exact) mass is 552 g/mol. The summed E-state index contributed by atoms with van der Waals surface area (Å²) in [5.41, 5.74) is 2.26. The van der Waals surface area contributed by atoms with Crippen LogP contribution in [-0.4, -0.2) is 45.4 Å². The van der Waals surface area contributed by atoms with E-state index in [0.29, 0.717) is 37.2 Å². The number of hydrogen-bond acceptors (Lipinski definition) is 7. The van der Waals surface area contributed by atoms with Crippen molar-refractivity contribution < 1.29 is 23.8 Å². The lowest BCUT2D eigenvalue weighted by Crippen LogP contribution is -2.46. The van der Waals surface area contributed by atoms with Crippen LogP contribution in [0.5, 0.6) is 11.5 Å². The number of amides is 1. The lowest BCUT2D eigenvalue weighted by molar-refractivity contribution is 0.167. The van der Waals surface area contributed by atoms with Gasteiger partial charge < -0.3 is 14.6 Å². The van der Waals surface area contributed by atoms with Gasteiger partial charge in [-0.3, -0.25) is 14.9 Å². The molecule has 8 nitrogen and oxygen atoms in total. The summed E-state index contributed by atoms with van der Waals surface area (Å²) >= 11 is 7.73. The van der Waals surface area contributed by atoms with Gasteiger partial charge in [0, 0.05) is 34.3 Å². The Morgan fingerprint density at radius 1 is 1.18 bits per heavy atom. The number of ether oxygens (including phenoxy) is 2. The summed E-state index contributed by atoms with van der Waals surface area (Å²) in [6.07, 6.45) is 2.78. The zero-order valence-electron chi connectivity index (χ0n) is 20.6. The Bertz CT molecular complexity index is 1650. The summed E-state index contributed by atoms with van der Waals surface area (Å²) in [6, 6.07) is 10.9. The number of nitrogens with zero attached hydrogens (tertiary/aromatic N) is 4. The SMILES string of the molecule is COc1cnc2c(-c3nc4cc(F)c(OC(C)C(C)N(C(=O)O)c5cccnc5)cc4s3)cc(Cl)cc2c1. The van der Waals surface area contributed by atoms with Crippen molar-refractivity contribution in [3.8, 4) is 22.1 Å². The predicted molar refractivity (Wildman–Crippen MR) is 146 cm³/mol. The van der Waals surface area contributed by atoms with Crippen LogP contribution in [0.2, 0.25) is 5.02 Å². The van der Waals surface area contributed by atoms with Gasteiger partial charge in [0.25, 0.3) is 0 Å². The number of pyridine rings is 2. The first kappa shape index (κ1) is 25.6. The van der Waals surface area contributed by atoms with Crippen LogP contribution in [-0.2, 0) is 0 Å². The van der Waals surface area contributed by atoms with Crippen molar-refractivity contribution in [1.29, 1.82) is 0 Å². The van der Waals surface area contributed by atoms with Crippen molar-refractivity contribution in [1.82, 2.24) is 15.0 Å². The van der Waals surface area contributed by atoms with E-state index in [0.717, 1.165) is 15.8 Å². The Kier molecular flexibility index (Phi) is 7.00. The van der Waals surface area contributed by atoms with Crippen molar-refractivity contribution in [2.75, 3.05) is 12.0 Å². The molecule has 0 spiro atoms. The van der Waals surface area contributed by atoms with Crippen LogP contribution < -0.4 is 14.4 Å². The molecule has 0 bridgehead atoms. The molecule has 0 fully saturated rings. The minimum atomic E-state index is -1.16. The summed E-state index contributed by atoms with van der Waals surface area (Å²) in [4.78, 5) is 26.2. The van der Waals surface area contributed by atoms with Crippen LogP contribution in [0.15, 0.2) is 61.1 Å². The van der Waals surface area contributed by atoms with Crippen LogP contribution in [0.1, 0.15) is 13.8 Å². The normalized spacial score (nSPS) is 12.9. The third kappa shape index (κ3) is 4.92. The zero-order valence-corrected chi connectivity index (χ0v) is 22.1. The van der Waals surface area contributed by atoms with Gasteiger partial charge in [-0.05, 0) is 44.2 Å². The number of thiazole rings is 1. The van der Waals surface area contributed by atoms with E-state index in [1.807, 2.05) is 6.07 Å². The fourth-order valence-electron chi connectivity index (χ4n) is 4.13. The number of anilines is 1. The average molecular weight is 553 g/mol. The second kappa shape index (κ2) is 10.4. The maximum Gasteiger partial charge on any atom is 0.412 e. The minimum Gasteiger partial charge on any atom is -0.495 e. The molecule has 0 aliphatic heterocycles. The molecule has 2 unspecified atom stereocenters. The van der Waals surface area contributed by atoms with E-state index < -0.39 is 24.1 Å². The highest BCUT2D eigenvalue weighted by atomic mass is 35.5. The summed E-state index contributed by atoms with van der Waals surface area (Å²) < 4.78 is 27.0. The first-order valence-corrected chi connectivity index (χ1v) is 12.8. The molecular weight excluding hydrogens is 531 g/mol. The number of rotatable bonds is 7. The largest absolute Gasteiger partial charge is 0.495 e. The topological polar surface area (TPSA) is 97.7 Å². The van der Waals surface area contributed by atoms with E-state index in [2.05, 4.69) is 15.0 Å². The third-order valence-electron chi connectivity index (χ3n) is 6.16. The number of carboxylic acid groups (broad SMARTS) is 1. The van der Waals surface area contributed by atoms with E-state index >= 15 is 4.39 Å². The van der Waals surface area contributed by atoms with Crippen LogP contribution >= 0.6 is 22.9 Å². The molecule has 0 saturated carbocycles. The third-order valence-corrected chi connectivity index (χ3v) is 7.43. The second-order valence-electron chi connectivity index (χ2n) is 8.60. The summed E-state index contributed by atoms with van der Waals surface area (Å²) in [5, 5.41) is 11.7. The highest BCUT2D eigenvalue weighted by Crippen LogP contribution is 2.38. The summed E-state index contributed by atoms with van der Waals surface area (Å²) in [6.45, 7) is 3.38. The Labute approximate surface area is 226 Å². The number of aromatic nitrogens is 3. The number of benzene rings is 2. The minimum absolute atomic E-state index is 0.00221. The molecular formula is C27H22ClFN4O4S. The van der Waals surface area contributed by atoms with Crippen molar-refractivity contribution in [3.05, 3.63) is 71.9 Å². The fraction of sp³-hybridized carbons (Fsp3) is 0.185. The fourth-order valence-corrected chi connectivity index (χ4v) is 5.35. The number of carbonyl (C=O) groups is 1. The quantitative estimate of drug-likeness (QED) is 0.231. The highest BCUT2D eigenvalue weighted by molar-refractivity contribution is 7.21. The van der Waals surface area contributed by atoms with Crippen LogP contribution in [0.25, 0.3) is 31.7 Å². The first-order chi connectivity index (χ1) is 18.2. The predicted octanol–water partition coefficient (Wildman–Crippen LogP) is 7.05. The molecule has 1 amide bonds. The van der Waals surface area contributed by atoms with E-state index in [9.17, 15) is 9.90 Å². The van der Waals surface area contributed by atoms with E-state index in [1.165, 1.54) is 23.6 Å². The Morgan fingerprint density at radius 3 is 2.71 bits per heavy atom. The Morgan fingerprint density at radius 2 is 2.00 bits per heavy atom. The van der Waals surface area contributed by atoms with Gasteiger partial charge >= 0.3 is 6.09 Å². The maximum atomic E-state index is 15.1. The molecule has 5 aromatic rings. The van der Waals surface area contributed by atoms with Crippen molar-refractivity contribution in [2.45, 2.75) is 26.0 Å². The van der Waals surface area contributed by atoms with Gasteiger partial charge in [-0.2, -0.15) is 0 Å². The lowest BCUT2D eigenvalue weighted by Gasteiger charge is -2.31. The Hall–Kier alpha value is -4.02. The van der Waals surface area contributed by atoms with E-state index in [1.54, 1.807) is 63.7 Å². The molecule has 2 aromatic carbocycles. The molecule has 38 heavy (non-hydrogen) atoms. The molecule has 2 atom stereocenters. The summed E-state index contributed by atoms with van der Waals surface area (Å²) in [5.74, 6) is 0.00470. The second-order valence-corrected chi connectivity index (χ2v) is 10.1. The number of fused-ring (bicyclic) bond motifs is 2. The number of hydrogen-bond donors (Lipinski definition) is 1. The number of halogens is 2. The molecule has 194 valence electrons. The zero-order chi connectivity index (χ0) is 27.0. The van der Waals surface area contributed by atoms with Gasteiger partial charge in [-0.1, -0.05) is 11.6 Å². The van der Waals surface area contributed by atoms with Gasteiger partial charge in [-0.25, -0.2) is 14.2 Å². The van der Waals surface area contributed by atoms with E-state index in [-0.39, 0.29) is 5.75 Å². The van der Waals surface area contributed by atoms with Crippen LogP contribution in [0, 0.1) is 5.82 Å². The molecule has 0 radical (unpaired) electrons. The smallest absolute Gasteiger partial charge is 0.412 e. The van der Waals surface area contributed by atoms with Crippen molar-refractivity contribution in [2.24, 2.45) is 0 Å². The molecule has 11 heteroatoms. The van der Waals surface area contributed by atoms with Crippen molar-refractivity contribution in [3.63, 3.8) is 0 Å². The molecule has 1 N–H and O–H groups in total. The van der Waals surface area contributed by atoms with Gasteiger partial charge in [0.1, 0.15) is 16.9 Å². The van der Waals surface area contributed by atoms with Gasteiger partial charge in [0.15, 0.2) is 11.6 Å². The Balaban J connectivity index is 1.47.